The van der Waals surface area contributed by atoms with Gasteiger partial charge in [0.15, 0.2) is 9.84 Å². The first-order chi connectivity index (χ1) is 11.5. The second kappa shape index (κ2) is 7.93. The Morgan fingerprint density at radius 1 is 1.25 bits per heavy atom. The van der Waals surface area contributed by atoms with Gasteiger partial charge in [-0.1, -0.05) is 12.1 Å². The van der Waals surface area contributed by atoms with Crippen molar-refractivity contribution in [3.63, 3.8) is 0 Å². The van der Waals surface area contributed by atoms with Gasteiger partial charge < -0.3 is 15.1 Å². The molecule has 0 spiro atoms. The molecule has 2 heterocycles. The third kappa shape index (κ3) is 4.12. The van der Waals surface area contributed by atoms with E-state index in [2.05, 4.69) is 17.2 Å². The van der Waals surface area contributed by atoms with Crippen molar-refractivity contribution >= 4 is 33.0 Å². The van der Waals surface area contributed by atoms with Crippen LogP contribution >= 0.6 is 11.3 Å². The van der Waals surface area contributed by atoms with Crippen molar-refractivity contribution < 1.29 is 22.4 Å². The minimum atomic E-state index is -3.76. The van der Waals surface area contributed by atoms with Crippen LogP contribution in [0, 0.1) is 0 Å². The summed E-state index contributed by atoms with van der Waals surface area (Å²) in [6, 6.07) is 6.18. The van der Waals surface area contributed by atoms with Gasteiger partial charge in [-0.2, -0.15) is 0 Å². The molecule has 24 heavy (non-hydrogen) atoms. The zero-order valence-electron chi connectivity index (χ0n) is 12.6. The molecular formula is C15H16N2O5S2. The lowest BCUT2D eigenvalue weighted by Gasteiger charge is -2.15. The molecule has 0 aliphatic heterocycles. The fourth-order valence-electron chi connectivity index (χ4n) is 1.91. The lowest BCUT2D eigenvalue weighted by molar-refractivity contribution is -0.139. The van der Waals surface area contributed by atoms with Crippen LogP contribution in [0.25, 0.3) is 0 Å². The van der Waals surface area contributed by atoms with Crippen LogP contribution in [0.15, 0.2) is 57.2 Å². The molecule has 128 valence electrons. The van der Waals surface area contributed by atoms with Crippen LogP contribution in [0.5, 0.6) is 0 Å². The van der Waals surface area contributed by atoms with Gasteiger partial charge in [-0.25, -0.2) is 8.42 Å². The van der Waals surface area contributed by atoms with Gasteiger partial charge in [0.05, 0.1) is 6.26 Å². The molecule has 1 atom stereocenters. The highest BCUT2D eigenvalue weighted by Crippen LogP contribution is 2.31. The van der Waals surface area contributed by atoms with Crippen LogP contribution in [-0.2, 0) is 19.4 Å². The Balaban J connectivity index is 2.16. The molecule has 0 fully saturated rings. The molecule has 0 bridgehead atoms. The van der Waals surface area contributed by atoms with Crippen molar-refractivity contribution in [2.45, 2.75) is 9.46 Å². The Hall–Kier alpha value is -2.39. The predicted molar refractivity (Wildman–Crippen MR) is 89.2 cm³/mol. The number of amides is 2. The third-order valence-electron chi connectivity index (χ3n) is 3.07. The topological polar surface area (TPSA) is 105 Å². The molecule has 2 amide bonds. The SMILES string of the molecule is C=CCNC(=O)C(=O)NCC(c1ccco1)S(=O)(=O)c1cccs1. The number of sulfone groups is 1. The molecule has 0 aliphatic carbocycles. The summed E-state index contributed by atoms with van der Waals surface area (Å²) >= 11 is 1.07. The smallest absolute Gasteiger partial charge is 0.309 e. The lowest BCUT2D eigenvalue weighted by Crippen LogP contribution is -2.42. The van der Waals surface area contributed by atoms with Crippen molar-refractivity contribution in [1.82, 2.24) is 10.6 Å². The van der Waals surface area contributed by atoms with Gasteiger partial charge in [0.1, 0.15) is 15.2 Å². The number of carbonyl (C=O) groups is 2. The van der Waals surface area contributed by atoms with E-state index in [0.29, 0.717) is 0 Å². The number of rotatable bonds is 7. The van der Waals surface area contributed by atoms with E-state index in [1.165, 1.54) is 24.5 Å². The van der Waals surface area contributed by atoms with E-state index >= 15 is 0 Å². The highest BCUT2D eigenvalue weighted by Gasteiger charge is 2.33. The summed E-state index contributed by atoms with van der Waals surface area (Å²) in [4.78, 5) is 23.3. The average molecular weight is 368 g/mol. The minimum Gasteiger partial charge on any atom is -0.468 e. The van der Waals surface area contributed by atoms with E-state index < -0.39 is 26.9 Å². The van der Waals surface area contributed by atoms with Crippen LogP contribution in [0.2, 0.25) is 0 Å². The number of thiophene rings is 1. The van der Waals surface area contributed by atoms with Crippen molar-refractivity contribution in [2.24, 2.45) is 0 Å². The molecule has 0 radical (unpaired) electrons. The lowest BCUT2D eigenvalue weighted by atomic mass is 10.3. The summed E-state index contributed by atoms with van der Waals surface area (Å²) in [5.74, 6) is -1.59. The molecule has 2 N–H and O–H groups in total. The van der Waals surface area contributed by atoms with Crippen molar-refractivity contribution in [3.05, 3.63) is 54.3 Å². The number of hydrogen-bond acceptors (Lipinski definition) is 6. The van der Waals surface area contributed by atoms with Gasteiger partial charge in [-0.3, -0.25) is 9.59 Å². The number of carbonyl (C=O) groups excluding carboxylic acids is 2. The third-order valence-corrected chi connectivity index (χ3v) is 6.56. The van der Waals surface area contributed by atoms with Crippen LogP contribution < -0.4 is 10.6 Å². The maximum atomic E-state index is 12.7. The molecule has 0 aliphatic rings. The highest BCUT2D eigenvalue weighted by molar-refractivity contribution is 7.93. The largest absolute Gasteiger partial charge is 0.468 e. The standard InChI is InChI=1S/C15H16N2O5S2/c1-2-7-16-14(18)15(19)17-10-12(11-5-3-8-22-11)24(20,21)13-6-4-9-23-13/h2-6,8-9,12H,1,7,10H2,(H,16,18)(H,17,19). The maximum Gasteiger partial charge on any atom is 0.309 e. The highest BCUT2D eigenvalue weighted by atomic mass is 32.2. The Bertz CT molecular complexity index is 795. The van der Waals surface area contributed by atoms with Crippen LogP contribution in [0.3, 0.4) is 0 Å². The number of nitrogens with one attached hydrogen (secondary N) is 2. The first kappa shape index (κ1) is 18.0. The summed E-state index contributed by atoms with van der Waals surface area (Å²) < 4.78 is 30.8. The molecule has 2 aromatic heterocycles. The fourth-order valence-corrected chi connectivity index (χ4v) is 4.71. The molecule has 2 aromatic rings. The normalized spacial score (nSPS) is 12.3. The van der Waals surface area contributed by atoms with Gasteiger partial charge in [-0.05, 0) is 23.6 Å². The minimum absolute atomic E-state index is 0.140. The van der Waals surface area contributed by atoms with Crippen molar-refractivity contribution in [1.29, 1.82) is 0 Å². The monoisotopic (exact) mass is 368 g/mol. The predicted octanol–water partition coefficient (Wildman–Crippen LogP) is 1.27. The molecule has 0 saturated carbocycles. The summed E-state index contributed by atoms with van der Waals surface area (Å²) in [7, 11) is -3.76. The summed E-state index contributed by atoms with van der Waals surface area (Å²) in [6.45, 7) is 3.28. The molecule has 2 rings (SSSR count). The van der Waals surface area contributed by atoms with E-state index in [0.717, 1.165) is 11.3 Å². The van der Waals surface area contributed by atoms with E-state index in [9.17, 15) is 18.0 Å². The Labute approximate surface area is 143 Å². The summed E-state index contributed by atoms with van der Waals surface area (Å²) in [5, 5.41) is 5.17. The van der Waals surface area contributed by atoms with Gasteiger partial charge >= 0.3 is 11.8 Å². The van der Waals surface area contributed by atoms with Gasteiger partial charge in [0.25, 0.3) is 0 Å². The number of furan rings is 1. The maximum absolute atomic E-state index is 12.7. The zero-order valence-corrected chi connectivity index (χ0v) is 14.2. The molecule has 0 aromatic carbocycles. The van der Waals surface area contributed by atoms with E-state index in [1.54, 1.807) is 17.5 Å². The van der Waals surface area contributed by atoms with E-state index in [1.807, 2.05) is 0 Å². The van der Waals surface area contributed by atoms with E-state index in [4.69, 9.17) is 4.42 Å². The first-order valence-corrected chi connectivity index (χ1v) is 9.37. The van der Waals surface area contributed by atoms with Crippen molar-refractivity contribution in [2.75, 3.05) is 13.1 Å². The molecular weight excluding hydrogens is 352 g/mol. The molecule has 7 nitrogen and oxygen atoms in total. The zero-order chi connectivity index (χ0) is 17.6. The molecule has 9 heteroatoms. The second-order valence-electron chi connectivity index (χ2n) is 4.69. The van der Waals surface area contributed by atoms with Gasteiger partial charge in [0.2, 0.25) is 0 Å². The Kier molecular flexibility index (Phi) is 5.93. The van der Waals surface area contributed by atoms with Gasteiger partial charge in [0, 0.05) is 13.1 Å². The summed E-state index contributed by atoms with van der Waals surface area (Å²) in [6.07, 6.45) is 2.78. The first-order valence-electron chi connectivity index (χ1n) is 6.94. The van der Waals surface area contributed by atoms with E-state index in [-0.39, 0.29) is 23.1 Å². The van der Waals surface area contributed by atoms with Crippen LogP contribution in [-0.4, -0.2) is 33.3 Å². The Morgan fingerprint density at radius 3 is 2.58 bits per heavy atom. The van der Waals surface area contributed by atoms with Crippen LogP contribution in [0.1, 0.15) is 11.0 Å². The average Bonchev–Trinajstić information content (AvgIpc) is 3.25. The van der Waals surface area contributed by atoms with Gasteiger partial charge in [-0.15, -0.1) is 17.9 Å². The molecule has 0 saturated heterocycles. The second-order valence-corrected chi connectivity index (χ2v) is 7.99. The quantitative estimate of drug-likeness (QED) is 0.566. The Morgan fingerprint density at radius 2 is 2.00 bits per heavy atom. The summed E-state index contributed by atoms with van der Waals surface area (Å²) in [5.41, 5.74) is 0. The number of hydrogen-bond donors (Lipinski definition) is 2. The molecule has 1 unspecified atom stereocenters. The fraction of sp³-hybridized carbons (Fsp3) is 0.200. The van der Waals surface area contributed by atoms with Crippen molar-refractivity contribution in [3.8, 4) is 0 Å². The van der Waals surface area contributed by atoms with Crippen LogP contribution in [0.4, 0.5) is 0 Å².